The largest absolute Gasteiger partial charge is 0.469 e. The number of carbonyl (C=O) groups is 1. The second kappa shape index (κ2) is 7.99. The zero-order chi connectivity index (χ0) is 14.4. The molecule has 20 heavy (non-hydrogen) atoms. The van der Waals surface area contributed by atoms with Gasteiger partial charge in [0.25, 0.3) is 0 Å². The fourth-order valence-electron chi connectivity index (χ4n) is 3.27. The van der Waals surface area contributed by atoms with E-state index in [0.29, 0.717) is 6.04 Å². The molecule has 0 spiro atoms. The van der Waals surface area contributed by atoms with Crippen LogP contribution in [0.15, 0.2) is 0 Å². The summed E-state index contributed by atoms with van der Waals surface area (Å²) in [6.45, 7) is 6.40. The molecule has 1 aliphatic heterocycles. The van der Waals surface area contributed by atoms with Crippen LogP contribution < -0.4 is 5.32 Å². The van der Waals surface area contributed by atoms with E-state index in [0.717, 1.165) is 38.5 Å². The minimum atomic E-state index is -0.0401. The number of nitrogens with zero attached hydrogens (tertiary/aromatic N) is 1. The van der Waals surface area contributed by atoms with Gasteiger partial charge in [-0.05, 0) is 44.7 Å². The van der Waals surface area contributed by atoms with Gasteiger partial charge in [0.2, 0.25) is 0 Å². The highest BCUT2D eigenvalue weighted by Gasteiger charge is 2.32. The van der Waals surface area contributed by atoms with Gasteiger partial charge in [-0.1, -0.05) is 19.8 Å². The van der Waals surface area contributed by atoms with Gasteiger partial charge in [0.1, 0.15) is 0 Å². The molecule has 0 aromatic heterocycles. The predicted octanol–water partition coefficient (Wildman–Crippen LogP) is 2.04. The van der Waals surface area contributed by atoms with E-state index in [-0.39, 0.29) is 11.9 Å². The zero-order valence-electron chi connectivity index (χ0n) is 13.1. The van der Waals surface area contributed by atoms with E-state index >= 15 is 0 Å². The fraction of sp³-hybridized carbons (Fsp3) is 0.938. The van der Waals surface area contributed by atoms with Crippen LogP contribution in [-0.4, -0.2) is 50.2 Å². The summed E-state index contributed by atoms with van der Waals surface area (Å²) >= 11 is 0. The molecule has 4 nitrogen and oxygen atoms in total. The Kier molecular flexibility index (Phi) is 6.30. The van der Waals surface area contributed by atoms with Crippen LogP contribution in [0.2, 0.25) is 0 Å². The smallest absolute Gasteiger partial charge is 0.310 e. The quantitative estimate of drug-likeness (QED) is 0.726. The molecule has 116 valence electrons. The van der Waals surface area contributed by atoms with Gasteiger partial charge < -0.3 is 15.0 Å². The first kappa shape index (κ1) is 15.8. The Morgan fingerprint density at radius 3 is 2.75 bits per heavy atom. The Morgan fingerprint density at radius 1 is 1.35 bits per heavy atom. The Labute approximate surface area is 123 Å². The number of methoxy groups -OCH3 is 1. The molecule has 1 saturated carbocycles. The van der Waals surface area contributed by atoms with E-state index in [9.17, 15) is 4.79 Å². The number of unbranched alkanes of at least 4 members (excludes halogenated alkanes) is 1. The lowest BCUT2D eigenvalue weighted by Gasteiger charge is -2.38. The maximum atomic E-state index is 11.9. The number of likely N-dealkylation sites (tertiary alicyclic amines) is 1. The monoisotopic (exact) mass is 282 g/mol. The van der Waals surface area contributed by atoms with Gasteiger partial charge in [-0.2, -0.15) is 0 Å². The summed E-state index contributed by atoms with van der Waals surface area (Å²) in [6, 6.07) is 0.449. The van der Waals surface area contributed by atoms with Crippen LogP contribution in [0.3, 0.4) is 0 Å². The van der Waals surface area contributed by atoms with E-state index in [1.807, 2.05) is 0 Å². The third kappa shape index (κ3) is 4.45. The highest BCUT2D eigenvalue weighted by Crippen LogP contribution is 2.26. The molecular weight excluding hydrogens is 252 g/mol. The average Bonchev–Trinajstić information content (AvgIpc) is 2.42. The normalized spacial score (nSPS) is 28.1. The Balaban J connectivity index is 1.83. The van der Waals surface area contributed by atoms with Crippen LogP contribution in [0.25, 0.3) is 0 Å². The first-order chi connectivity index (χ1) is 9.72. The number of rotatable bonds is 7. The van der Waals surface area contributed by atoms with Crippen molar-refractivity contribution in [2.75, 3.05) is 33.3 Å². The van der Waals surface area contributed by atoms with Crippen LogP contribution in [0, 0.1) is 11.8 Å². The summed E-state index contributed by atoms with van der Waals surface area (Å²) in [7, 11) is 1.50. The van der Waals surface area contributed by atoms with Crippen molar-refractivity contribution in [3.05, 3.63) is 0 Å². The second-order valence-electron chi connectivity index (χ2n) is 6.47. The van der Waals surface area contributed by atoms with Crippen molar-refractivity contribution in [2.45, 2.75) is 51.5 Å². The van der Waals surface area contributed by atoms with Crippen molar-refractivity contribution < 1.29 is 9.53 Å². The lowest BCUT2D eigenvalue weighted by Crippen LogP contribution is -2.52. The maximum Gasteiger partial charge on any atom is 0.310 e. The molecule has 2 fully saturated rings. The van der Waals surface area contributed by atoms with Crippen LogP contribution in [0.1, 0.15) is 45.4 Å². The molecule has 1 heterocycles. The van der Waals surface area contributed by atoms with Crippen molar-refractivity contribution in [3.63, 3.8) is 0 Å². The fourth-order valence-corrected chi connectivity index (χ4v) is 3.27. The molecule has 2 atom stereocenters. The Bertz CT molecular complexity index is 305. The van der Waals surface area contributed by atoms with Gasteiger partial charge in [0, 0.05) is 19.1 Å². The summed E-state index contributed by atoms with van der Waals surface area (Å²) in [4.78, 5) is 14.3. The van der Waals surface area contributed by atoms with E-state index < -0.39 is 0 Å². The number of hydrogen-bond donors (Lipinski definition) is 1. The summed E-state index contributed by atoms with van der Waals surface area (Å²) in [5, 5.41) is 3.69. The molecule has 2 unspecified atom stereocenters. The van der Waals surface area contributed by atoms with Crippen molar-refractivity contribution in [3.8, 4) is 0 Å². The van der Waals surface area contributed by atoms with E-state index in [1.54, 1.807) is 0 Å². The number of esters is 1. The molecule has 0 aromatic carbocycles. The average molecular weight is 282 g/mol. The third-order valence-electron chi connectivity index (χ3n) is 4.81. The third-order valence-corrected chi connectivity index (χ3v) is 4.81. The molecule has 0 amide bonds. The minimum Gasteiger partial charge on any atom is -0.469 e. The number of carbonyl (C=O) groups excluding carboxylic acids is 1. The molecule has 0 bridgehead atoms. The van der Waals surface area contributed by atoms with E-state index in [4.69, 9.17) is 4.74 Å². The van der Waals surface area contributed by atoms with Gasteiger partial charge in [-0.25, -0.2) is 0 Å². The highest BCUT2D eigenvalue weighted by molar-refractivity contribution is 5.72. The minimum absolute atomic E-state index is 0.0401. The van der Waals surface area contributed by atoms with Gasteiger partial charge in [0.15, 0.2) is 0 Å². The predicted molar refractivity (Wildman–Crippen MR) is 80.6 cm³/mol. The lowest BCUT2D eigenvalue weighted by atomic mass is 9.85. The molecule has 1 N–H and O–H groups in total. The van der Waals surface area contributed by atoms with Gasteiger partial charge >= 0.3 is 5.97 Å². The maximum absolute atomic E-state index is 11.9. The molecular formula is C16H30N2O2. The zero-order valence-corrected chi connectivity index (χ0v) is 13.1. The summed E-state index contributed by atoms with van der Waals surface area (Å²) in [6.07, 6.45) is 7.49. The van der Waals surface area contributed by atoms with Gasteiger partial charge in [0.05, 0.1) is 13.0 Å². The summed E-state index contributed by atoms with van der Waals surface area (Å²) < 4.78 is 4.96. The number of hydrogen-bond acceptors (Lipinski definition) is 4. The standard InChI is InChI=1S/C16H30N2O2/c1-3-4-8-18-11-14(16(19)20-2)9-15(12-18)17-10-13-6-5-7-13/h13-15,17H,3-12H2,1-2H3. The first-order valence-electron chi connectivity index (χ1n) is 8.26. The van der Waals surface area contributed by atoms with Crippen LogP contribution >= 0.6 is 0 Å². The number of piperidine rings is 1. The van der Waals surface area contributed by atoms with Gasteiger partial charge in [-0.3, -0.25) is 4.79 Å². The molecule has 0 radical (unpaired) electrons. The molecule has 4 heteroatoms. The van der Waals surface area contributed by atoms with Crippen LogP contribution in [0.5, 0.6) is 0 Å². The van der Waals surface area contributed by atoms with Crippen molar-refractivity contribution in [1.82, 2.24) is 10.2 Å². The number of nitrogens with one attached hydrogen (secondary N) is 1. The van der Waals surface area contributed by atoms with Crippen molar-refractivity contribution >= 4 is 5.97 Å². The Morgan fingerprint density at radius 2 is 2.15 bits per heavy atom. The summed E-state index contributed by atoms with van der Waals surface area (Å²) in [5.74, 6) is 0.878. The van der Waals surface area contributed by atoms with Crippen LogP contribution in [-0.2, 0) is 9.53 Å². The van der Waals surface area contributed by atoms with Crippen molar-refractivity contribution in [2.24, 2.45) is 11.8 Å². The van der Waals surface area contributed by atoms with E-state index in [1.165, 1.54) is 39.2 Å². The Hall–Kier alpha value is -0.610. The highest BCUT2D eigenvalue weighted by atomic mass is 16.5. The molecule has 2 aliphatic rings. The van der Waals surface area contributed by atoms with Crippen molar-refractivity contribution in [1.29, 1.82) is 0 Å². The topological polar surface area (TPSA) is 41.6 Å². The lowest BCUT2D eigenvalue weighted by molar-refractivity contribution is -0.147. The van der Waals surface area contributed by atoms with E-state index in [2.05, 4.69) is 17.1 Å². The molecule has 1 aliphatic carbocycles. The second-order valence-corrected chi connectivity index (χ2v) is 6.47. The SMILES string of the molecule is CCCCN1CC(NCC2CCC2)CC(C(=O)OC)C1. The molecule has 1 saturated heterocycles. The van der Waals surface area contributed by atoms with Gasteiger partial charge in [-0.15, -0.1) is 0 Å². The molecule has 2 rings (SSSR count). The first-order valence-corrected chi connectivity index (χ1v) is 8.26. The van der Waals surface area contributed by atoms with Crippen LogP contribution in [0.4, 0.5) is 0 Å². The summed E-state index contributed by atoms with van der Waals surface area (Å²) in [5.41, 5.74) is 0. The number of ether oxygens (including phenoxy) is 1. The molecule has 0 aromatic rings.